The minimum Gasteiger partial charge on any atom is -0.391 e. The summed E-state index contributed by atoms with van der Waals surface area (Å²) in [5.74, 6) is 0.439. The number of fused-ring (bicyclic) bond motifs is 1. The lowest BCUT2D eigenvalue weighted by Gasteiger charge is -2.28. The maximum absolute atomic E-state index is 13.3. The number of rotatable bonds is 4. The van der Waals surface area contributed by atoms with Gasteiger partial charge in [0.05, 0.1) is 17.0 Å². The Morgan fingerprint density at radius 3 is 2.75 bits per heavy atom. The Bertz CT molecular complexity index is 1020. The number of hydrogen-bond acceptors (Lipinski definition) is 5. The molecular formula is C20H21N3O4S. The highest BCUT2D eigenvalue weighted by molar-refractivity contribution is 7.89. The number of benzene rings is 1. The topological polar surface area (TPSA) is 99.6 Å². The van der Waals surface area contributed by atoms with Gasteiger partial charge in [-0.05, 0) is 60.9 Å². The molecule has 2 bridgehead atoms. The highest BCUT2D eigenvalue weighted by Crippen LogP contribution is 2.56. The number of aliphatic hydroxyl groups is 1. The molecule has 2 aromatic rings. The average molecular weight is 399 g/mol. The second-order valence-corrected chi connectivity index (χ2v) is 9.80. The van der Waals surface area contributed by atoms with Crippen LogP contribution in [0.5, 0.6) is 0 Å². The Morgan fingerprint density at radius 2 is 2.00 bits per heavy atom. The number of anilines is 1. The van der Waals surface area contributed by atoms with Gasteiger partial charge in [0.1, 0.15) is 5.69 Å². The third-order valence-corrected chi connectivity index (χ3v) is 8.26. The summed E-state index contributed by atoms with van der Waals surface area (Å²) in [6, 6.07) is 11.0. The summed E-state index contributed by atoms with van der Waals surface area (Å²) < 4.78 is 28.1. The Morgan fingerprint density at radius 1 is 1.14 bits per heavy atom. The molecule has 0 spiro atoms. The number of nitrogens with one attached hydrogen (secondary N) is 1. The van der Waals surface area contributed by atoms with Crippen molar-refractivity contribution in [3.63, 3.8) is 0 Å². The van der Waals surface area contributed by atoms with Crippen LogP contribution in [0.2, 0.25) is 0 Å². The number of aliphatic hydroxyl groups excluding tert-OH is 1. The van der Waals surface area contributed by atoms with Crippen molar-refractivity contribution >= 4 is 21.6 Å². The van der Waals surface area contributed by atoms with E-state index in [1.807, 2.05) is 0 Å². The highest BCUT2D eigenvalue weighted by atomic mass is 32.2. The number of amides is 1. The number of carbonyl (C=O) groups excluding carboxylic acids is 1. The van der Waals surface area contributed by atoms with Crippen LogP contribution in [0.3, 0.4) is 0 Å². The first-order chi connectivity index (χ1) is 13.4. The smallest absolute Gasteiger partial charge is 0.274 e. The van der Waals surface area contributed by atoms with Crippen LogP contribution in [0.4, 0.5) is 5.69 Å². The van der Waals surface area contributed by atoms with Gasteiger partial charge in [0, 0.05) is 18.4 Å². The number of hydrogen-bond donors (Lipinski definition) is 2. The van der Waals surface area contributed by atoms with E-state index in [-0.39, 0.29) is 28.5 Å². The van der Waals surface area contributed by atoms with E-state index in [1.54, 1.807) is 30.3 Å². The summed E-state index contributed by atoms with van der Waals surface area (Å²) in [5, 5.41) is 13.2. The van der Waals surface area contributed by atoms with Gasteiger partial charge in [0.2, 0.25) is 10.0 Å². The average Bonchev–Trinajstić information content (AvgIpc) is 3.32. The van der Waals surface area contributed by atoms with E-state index < -0.39 is 22.0 Å². The van der Waals surface area contributed by atoms with E-state index in [4.69, 9.17) is 0 Å². The van der Waals surface area contributed by atoms with E-state index in [9.17, 15) is 18.3 Å². The molecule has 0 unspecified atom stereocenters. The molecule has 1 aromatic heterocycles. The molecule has 2 saturated carbocycles. The number of aromatic nitrogens is 1. The van der Waals surface area contributed by atoms with Crippen LogP contribution >= 0.6 is 0 Å². The largest absolute Gasteiger partial charge is 0.391 e. The molecule has 0 radical (unpaired) electrons. The van der Waals surface area contributed by atoms with Crippen LogP contribution in [-0.4, -0.2) is 47.4 Å². The Kier molecular flexibility index (Phi) is 4.04. The molecule has 2 N–H and O–H groups in total. The molecule has 28 heavy (non-hydrogen) atoms. The standard InChI is InChI=1S/C20H21N3O4S/c24-19-12-8-13-11-23(18(19)16(13)9-12)28(26,27)15-5-3-4-14(10-15)22-20(25)17-6-1-2-7-21-17/h1-7,10,12-13,16,18-19,24H,8-9,11H2,(H,22,25)/t12-,13-,16+,18-,19+/m0/s1. The van der Waals surface area contributed by atoms with Crippen molar-refractivity contribution in [2.75, 3.05) is 11.9 Å². The summed E-state index contributed by atoms with van der Waals surface area (Å²) in [6.07, 6.45) is 2.78. The summed E-state index contributed by atoms with van der Waals surface area (Å²) >= 11 is 0. The van der Waals surface area contributed by atoms with Gasteiger partial charge in [-0.15, -0.1) is 0 Å². The lowest BCUT2D eigenvalue weighted by molar-refractivity contribution is 0.0731. The Balaban J connectivity index is 1.41. The molecule has 2 heterocycles. The van der Waals surface area contributed by atoms with E-state index in [0.29, 0.717) is 18.2 Å². The number of nitrogens with zero attached hydrogens (tertiary/aromatic N) is 2. The molecule has 1 aromatic carbocycles. The summed E-state index contributed by atoms with van der Waals surface area (Å²) in [6.45, 7) is 0.468. The number of pyridine rings is 1. The van der Waals surface area contributed by atoms with Crippen molar-refractivity contribution in [1.82, 2.24) is 9.29 Å². The summed E-state index contributed by atoms with van der Waals surface area (Å²) in [5.41, 5.74) is 0.649. The zero-order valence-electron chi connectivity index (χ0n) is 15.1. The van der Waals surface area contributed by atoms with Crippen LogP contribution in [0.25, 0.3) is 0 Å². The quantitative estimate of drug-likeness (QED) is 0.816. The predicted octanol–water partition coefficient (Wildman–Crippen LogP) is 1.72. The van der Waals surface area contributed by atoms with Crippen LogP contribution in [0, 0.1) is 17.8 Å². The maximum atomic E-state index is 13.3. The van der Waals surface area contributed by atoms with Gasteiger partial charge in [0.15, 0.2) is 0 Å². The van der Waals surface area contributed by atoms with Gasteiger partial charge in [-0.25, -0.2) is 8.42 Å². The van der Waals surface area contributed by atoms with Crippen LogP contribution in [-0.2, 0) is 10.0 Å². The maximum Gasteiger partial charge on any atom is 0.274 e. The number of sulfonamides is 1. The molecule has 3 fully saturated rings. The molecule has 146 valence electrons. The summed E-state index contributed by atoms with van der Waals surface area (Å²) in [7, 11) is -3.75. The lowest BCUT2D eigenvalue weighted by atomic mass is 9.88. The monoisotopic (exact) mass is 399 g/mol. The lowest BCUT2D eigenvalue weighted by Crippen LogP contribution is -2.43. The van der Waals surface area contributed by atoms with Gasteiger partial charge in [-0.1, -0.05) is 12.1 Å². The Hall–Kier alpha value is -2.29. The van der Waals surface area contributed by atoms with Crippen molar-refractivity contribution in [1.29, 1.82) is 0 Å². The first kappa shape index (κ1) is 17.8. The van der Waals surface area contributed by atoms with Gasteiger partial charge >= 0.3 is 0 Å². The second kappa shape index (κ2) is 6.37. The molecule has 1 amide bonds. The minimum atomic E-state index is -3.75. The molecule has 7 nitrogen and oxygen atoms in total. The molecule has 3 aliphatic rings. The van der Waals surface area contributed by atoms with Crippen molar-refractivity contribution in [2.45, 2.75) is 29.9 Å². The fourth-order valence-electron chi connectivity index (χ4n) is 5.20. The fraction of sp³-hybridized carbons (Fsp3) is 0.400. The summed E-state index contributed by atoms with van der Waals surface area (Å²) in [4.78, 5) is 16.4. The second-order valence-electron chi connectivity index (χ2n) is 7.91. The first-order valence-electron chi connectivity index (χ1n) is 9.47. The molecule has 1 aliphatic heterocycles. The molecule has 2 aliphatic carbocycles. The van der Waals surface area contributed by atoms with Gasteiger partial charge in [-0.3, -0.25) is 9.78 Å². The molecule has 1 saturated heterocycles. The molecule has 8 heteroatoms. The highest BCUT2D eigenvalue weighted by Gasteiger charge is 2.61. The number of carbonyl (C=O) groups is 1. The van der Waals surface area contributed by atoms with Gasteiger partial charge < -0.3 is 10.4 Å². The minimum absolute atomic E-state index is 0.128. The van der Waals surface area contributed by atoms with Crippen molar-refractivity contribution in [3.8, 4) is 0 Å². The van der Waals surface area contributed by atoms with E-state index in [1.165, 1.54) is 22.6 Å². The van der Waals surface area contributed by atoms with Crippen LogP contribution in [0.15, 0.2) is 53.6 Å². The third-order valence-electron chi connectivity index (χ3n) is 6.40. The molecule has 5 rings (SSSR count). The van der Waals surface area contributed by atoms with Crippen molar-refractivity contribution in [3.05, 3.63) is 54.4 Å². The van der Waals surface area contributed by atoms with E-state index >= 15 is 0 Å². The van der Waals surface area contributed by atoms with Crippen molar-refractivity contribution in [2.24, 2.45) is 17.8 Å². The molecular weight excluding hydrogens is 378 g/mol. The zero-order chi connectivity index (χ0) is 19.5. The van der Waals surface area contributed by atoms with Gasteiger partial charge in [-0.2, -0.15) is 4.31 Å². The molecule has 5 atom stereocenters. The van der Waals surface area contributed by atoms with E-state index in [0.717, 1.165) is 12.8 Å². The fourth-order valence-corrected chi connectivity index (χ4v) is 6.98. The van der Waals surface area contributed by atoms with Crippen molar-refractivity contribution < 1.29 is 18.3 Å². The van der Waals surface area contributed by atoms with Crippen LogP contribution in [0.1, 0.15) is 23.3 Å². The first-order valence-corrected chi connectivity index (χ1v) is 10.9. The Labute approximate surface area is 163 Å². The predicted molar refractivity (Wildman–Crippen MR) is 102 cm³/mol. The van der Waals surface area contributed by atoms with Gasteiger partial charge in [0.25, 0.3) is 5.91 Å². The normalized spacial score (nSPS) is 31.2. The third kappa shape index (κ3) is 2.67. The van der Waals surface area contributed by atoms with Crippen LogP contribution < -0.4 is 5.32 Å². The van der Waals surface area contributed by atoms with E-state index in [2.05, 4.69) is 10.3 Å². The SMILES string of the molecule is O=C(Nc1cccc(S(=O)(=O)N2C[C@@H]3C[C@H]4C[C@H]3[C@H]2[C@@H]4O)c1)c1ccccn1. The zero-order valence-corrected chi connectivity index (χ0v) is 15.9.